The average Bonchev–Trinajstić information content (AvgIpc) is 2.13. The quantitative estimate of drug-likeness (QED) is 0.339. The Morgan fingerprint density at radius 2 is 1.73 bits per heavy atom. The number of rotatable bonds is 6. The molecule has 0 aromatic rings. The molecule has 0 radical (unpaired) electrons. The normalized spacial score (nSPS) is 9.87. The number of ketones is 1. The van der Waals surface area contributed by atoms with E-state index in [4.69, 9.17) is 10.2 Å². The van der Waals surface area contributed by atoms with E-state index in [0.29, 0.717) is 6.08 Å². The van der Waals surface area contributed by atoms with Crippen LogP contribution in [0.5, 0.6) is 0 Å². The van der Waals surface area contributed by atoms with Gasteiger partial charge in [-0.2, -0.15) is 0 Å². The Bertz CT molecular complexity index is 315. The van der Waals surface area contributed by atoms with E-state index in [-0.39, 0.29) is 0 Å². The molecule has 0 heterocycles. The molecule has 0 aromatic carbocycles. The van der Waals surface area contributed by atoms with E-state index in [9.17, 15) is 19.2 Å². The van der Waals surface area contributed by atoms with Crippen LogP contribution in [0.15, 0.2) is 12.2 Å². The molecule has 0 atom stereocenters. The lowest BCUT2D eigenvalue weighted by Gasteiger charge is -1.97. The molecule has 0 aliphatic rings. The summed E-state index contributed by atoms with van der Waals surface area (Å²) in [5, 5.41) is 16.3. The Balaban J connectivity index is 3.95. The fourth-order valence-electron chi connectivity index (χ4n) is 0.558. The van der Waals surface area contributed by atoms with E-state index < -0.39 is 36.7 Å². The van der Waals surface area contributed by atoms with Crippen LogP contribution in [0.4, 0.5) is 0 Å². The minimum atomic E-state index is -1.38. The number of carboxylic acids is 2. The van der Waals surface area contributed by atoms with Crippen LogP contribution in [-0.4, -0.2) is 40.5 Å². The number of carbonyl (C=O) groups is 4. The lowest BCUT2D eigenvalue weighted by molar-refractivity contribution is -0.159. The van der Waals surface area contributed by atoms with Crippen LogP contribution in [-0.2, 0) is 23.9 Å². The van der Waals surface area contributed by atoms with Crippen LogP contribution in [0.1, 0.15) is 6.42 Å². The maximum Gasteiger partial charge on any atom is 0.375 e. The topological polar surface area (TPSA) is 118 Å². The monoisotopic (exact) mass is 216 g/mol. The number of Topliss-reactive ketones (excluding diaryl/α,β-unsaturated/α-hetero) is 1. The van der Waals surface area contributed by atoms with Gasteiger partial charge < -0.3 is 14.9 Å². The zero-order valence-electron chi connectivity index (χ0n) is 7.50. The van der Waals surface area contributed by atoms with Gasteiger partial charge in [0.15, 0.2) is 6.61 Å². The van der Waals surface area contributed by atoms with Gasteiger partial charge in [0.2, 0.25) is 5.78 Å². The SMILES string of the molecule is O=C(O)C=CCC(=O)C(=O)OCC(=O)O. The maximum atomic E-state index is 10.8. The molecule has 0 spiro atoms. The van der Waals surface area contributed by atoms with Crippen molar-refractivity contribution in [1.29, 1.82) is 0 Å². The highest BCUT2D eigenvalue weighted by atomic mass is 16.6. The third-order valence-electron chi connectivity index (χ3n) is 1.12. The Morgan fingerprint density at radius 3 is 2.20 bits per heavy atom. The van der Waals surface area contributed by atoms with Crippen molar-refractivity contribution in [2.75, 3.05) is 6.61 Å². The van der Waals surface area contributed by atoms with Gasteiger partial charge in [-0.05, 0) is 0 Å². The Labute approximate surface area is 84.0 Å². The maximum absolute atomic E-state index is 10.8. The number of carboxylic acid groups (broad SMARTS) is 2. The summed E-state index contributed by atoms with van der Waals surface area (Å²) in [7, 11) is 0. The van der Waals surface area contributed by atoms with Crippen LogP contribution in [0.2, 0.25) is 0 Å². The van der Waals surface area contributed by atoms with Crippen LogP contribution in [0, 0.1) is 0 Å². The van der Waals surface area contributed by atoms with Crippen molar-refractivity contribution < 1.29 is 34.1 Å². The molecule has 0 bridgehead atoms. The molecule has 15 heavy (non-hydrogen) atoms. The highest BCUT2D eigenvalue weighted by Gasteiger charge is 2.14. The van der Waals surface area contributed by atoms with Crippen molar-refractivity contribution in [1.82, 2.24) is 0 Å². The first kappa shape index (κ1) is 12.8. The second-order valence-electron chi connectivity index (χ2n) is 2.34. The number of allylic oxidation sites excluding steroid dienone is 1. The Kier molecular flexibility index (Phi) is 5.38. The Morgan fingerprint density at radius 1 is 1.13 bits per heavy atom. The first-order valence-corrected chi connectivity index (χ1v) is 3.74. The van der Waals surface area contributed by atoms with Crippen molar-refractivity contribution in [3.05, 3.63) is 12.2 Å². The van der Waals surface area contributed by atoms with Gasteiger partial charge in [-0.15, -0.1) is 0 Å². The molecule has 0 aliphatic heterocycles. The van der Waals surface area contributed by atoms with E-state index in [2.05, 4.69) is 4.74 Å². The second kappa shape index (κ2) is 6.30. The molecule has 0 aliphatic carbocycles. The average molecular weight is 216 g/mol. The lowest BCUT2D eigenvalue weighted by atomic mass is 10.2. The van der Waals surface area contributed by atoms with Crippen molar-refractivity contribution in [2.45, 2.75) is 6.42 Å². The molecule has 0 amide bonds. The fourth-order valence-corrected chi connectivity index (χ4v) is 0.558. The summed E-state index contributed by atoms with van der Waals surface area (Å²) < 4.78 is 4.05. The minimum absolute atomic E-state index is 0.440. The van der Waals surface area contributed by atoms with Gasteiger partial charge in [0.1, 0.15) is 0 Å². The van der Waals surface area contributed by atoms with Crippen LogP contribution in [0.25, 0.3) is 0 Å². The van der Waals surface area contributed by atoms with Crippen molar-refractivity contribution in [3.8, 4) is 0 Å². The first-order chi connectivity index (χ1) is 6.93. The van der Waals surface area contributed by atoms with Crippen molar-refractivity contribution in [2.24, 2.45) is 0 Å². The zero-order chi connectivity index (χ0) is 11.8. The van der Waals surface area contributed by atoms with Crippen molar-refractivity contribution in [3.63, 3.8) is 0 Å². The summed E-state index contributed by atoms with van der Waals surface area (Å²) >= 11 is 0. The summed E-state index contributed by atoms with van der Waals surface area (Å²) in [6, 6.07) is 0. The largest absolute Gasteiger partial charge is 0.479 e. The molecule has 0 rings (SSSR count). The van der Waals surface area contributed by atoms with Crippen LogP contribution < -0.4 is 0 Å². The molecular formula is C8H8O7. The number of aliphatic carboxylic acids is 2. The fraction of sp³-hybridized carbons (Fsp3) is 0.250. The molecule has 0 fully saturated rings. The third-order valence-corrected chi connectivity index (χ3v) is 1.12. The van der Waals surface area contributed by atoms with E-state index in [1.807, 2.05) is 0 Å². The summed E-state index contributed by atoms with van der Waals surface area (Å²) in [6.45, 7) is -0.896. The summed E-state index contributed by atoms with van der Waals surface area (Å²) in [5.41, 5.74) is 0. The predicted molar refractivity (Wildman–Crippen MR) is 45.0 cm³/mol. The van der Waals surface area contributed by atoms with E-state index in [0.717, 1.165) is 6.08 Å². The molecule has 0 saturated carbocycles. The van der Waals surface area contributed by atoms with E-state index >= 15 is 0 Å². The van der Waals surface area contributed by atoms with E-state index in [1.54, 1.807) is 0 Å². The number of hydrogen-bond donors (Lipinski definition) is 2. The smallest absolute Gasteiger partial charge is 0.375 e. The van der Waals surface area contributed by atoms with Gasteiger partial charge >= 0.3 is 17.9 Å². The molecule has 82 valence electrons. The summed E-state index contributed by atoms with van der Waals surface area (Å²) in [5.74, 6) is -4.93. The lowest BCUT2D eigenvalue weighted by Crippen LogP contribution is -2.20. The summed E-state index contributed by atoms with van der Waals surface area (Å²) in [4.78, 5) is 41.5. The number of esters is 1. The molecule has 0 saturated heterocycles. The molecule has 7 heteroatoms. The number of ether oxygens (including phenoxy) is 1. The van der Waals surface area contributed by atoms with Gasteiger partial charge in [0.25, 0.3) is 0 Å². The Hall–Kier alpha value is -2.18. The van der Waals surface area contributed by atoms with Gasteiger partial charge in [-0.1, -0.05) is 6.08 Å². The minimum Gasteiger partial charge on any atom is -0.479 e. The highest BCUT2D eigenvalue weighted by Crippen LogP contribution is 1.90. The molecule has 7 nitrogen and oxygen atoms in total. The van der Waals surface area contributed by atoms with Gasteiger partial charge in [0.05, 0.1) is 0 Å². The van der Waals surface area contributed by atoms with E-state index in [1.165, 1.54) is 0 Å². The van der Waals surface area contributed by atoms with Gasteiger partial charge in [-0.25, -0.2) is 14.4 Å². The van der Waals surface area contributed by atoms with Gasteiger partial charge in [-0.3, -0.25) is 4.79 Å². The first-order valence-electron chi connectivity index (χ1n) is 3.74. The third kappa shape index (κ3) is 6.94. The standard InChI is InChI=1S/C8H8O7/c9-5(2-1-3-6(10)11)8(14)15-4-7(12)13/h1,3H,2,4H2,(H,10,11)(H,12,13). The van der Waals surface area contributed by atoms with Crippen molar-refractivity contribution >= 4 is 23.7 Å². The highest BCUT2D eigenvalue weighted by molar-refractivity contribution is 6.34. The molecule has 2 N–H and O–H groups in total. The predicted octanol–water partition coefficient (Wildman–Crippen LogP) is -0.786. The van der Waals surface area contributed by atoms with Gasteiger partial charge in [0, 0.05) is 12.5 Å². The number of carbonyl (C=O) groups excluding carboxylic acids is 2. The zero-order valence-corrected chi connectivity index (χ0v) is 7.50. The van der Waals surface area contributed by atoms with Crippen LogP contribution >= 0.6 is 0 Å². The molecule has 0 aromatic heterocycles. The molecule has 0 unspecified atom stereocenters. The summed E-state index contributed by atoms with van der Waals surface area (Å²) in [6.07, 6.45) is 1.22. The van der Waals surface area contributed by atoms with Crippen LogP contribution in [0.3, 0.4) is 0 Å². The number of hydrogen-bond acceptors (Lipinski definition) is 5. The second-order valence-corrected chi connectivity index (χ2v) is 2.34. The molecular weight excluding hydrogens is 208 g/mol.